The van der Waals surface area contributed by atoms with E-state index >= 15 is 0 Å². The minimum atomic E-state index is -0.252. The van der Waals surface area contributed by atoms with Gasteiger partial charge in [-0.1, -0.05) is 47.5 Å². The highest BCUT2D eigenvalue weighted by atomic mass is 35.5. The van der Waals surface area contributed by atoms with Crippen molar-refractivity contribution in [3.63, 3.8) is 0 Å². The van der Waals surface area contributed by atoms with E-state index in [9.17, 15) is 4.79 Å². The van der Waals surface area contributed by atoms with Gasteiger partial charge in [0.05, 0.1) is 6.54 Å². The fraction of sp³-hybridized carbons (Fsp3) is 0.261. The molecular weight excluding hydrogens is 372 g/mol. The van der Waals surface area contributed by atoms with Crippen LogP contribution in [0.2, 0.25) is 5.02 Å². The molecule has 1 heterocycles. The zero-order valence-electron chi connectivity index (χ0n) is 16.4. The molecule has 1 aromatic heterocycles. The van der Waals surface area contributed by atoms with Crippen LogP contribution in [0, 0.1) is 6.92 Å². The van der Waals surface area contributed by atoms with Crippen LogP contribution in [-0.4, -0.2) is 16.8 Å². The Balaban J connectivity index is 1.67. The molecule has 0 saturated carbocycles. The summed E-state index contributed by atoms with van der Waals surface area (Å²) in [5.74, 6) is 0.795. The smallest absolute Gasteiger partial charge is 0.291 e. The summed E-state index contributed by atoms with van der Waals surface area (Å²) < 4.78 is 5.80. The average Bonchev–Trinajstić information content (AvgIpc) is 3.13. The SMILES string of the molecule is Cc1ccc(NC(=O)c2ccc(CN(Cc3ccccc3Cl)C(C)C)o2)cc1. The second kappa shape index (κ2) is 9.09. The minimum absolute atomic E-state index is 0.252. The third kappa shape index (κ3) is 5.24. The first-order chi connectivity index (χ1) is 13.4. The van der Waals surface area contributed by atoms with Gasteiger partial charge in [0.2, 0.25) is 0 Å². The molecule has 1 amide bonds. The lowest BCUT2D eigenvalue weighted by Gasteiger charge is -2.26. The summed E-state index contributed by atoms with van der Waals surface area (Å²) in [7, 11) is 0. The van der Waals surface area contributed by atoms with Gasteiger partial charge in [-0.2, -0.15) is 0 Å². The van der Waals surface area contributed by atoms with E-state index in [0.29, 0.717) is 24.9 Å². The van der Waals surface area contributed by atoms with Gasteiger partial charge >= 0.3 is 0 Å². The van der Waals surface area contributed by atoms with E-state index in [1.165, 1.54) is 0 Å². The molecule has 0 bridgehead atoms. The van der Waals surface area contributed by atoms with Crippen molar-refractivity contribution in [1.29, 1.82) is 0 Å². The lowest BCUT2D eigenvalue weighted by Crippen LogP contribution is -2.29. The third-order valence-corrected chi connectivity index (χ3v) is 4.98. The summed E-state index contributed by atoms with van der Waals surface area (Å²) in [6, 6.07) is 19.4. The topological polar surface area (TPSA) is 45.5 Å². The normalized spacial score (nSPS) is 11.2. The van der Waals surface area contributed by atoms with Gasteiger partial charge in [-0.05, 0) is 56.7 Å². The van der Waals surface area contributed by atoms with Crippen LogP contribution in [0.25, 0.3) is 0 Å². The van der Waals surface area contributed by atoms with E-state index in [0.717, 1.165) is 27.6 Å². The van der Waals surface area contributed by atoms with Crippen molar-refractivity contribution in [3.8, 4) is 0 Å². The molecule has 0 radical (unpaired) electrons. The van der Waals surface area contributed by atoms with Crippen molar-refractivity contribution in [1.82, 2.24) is 4.90 Å². The third-order valence-electron chi connectivity index (χ3n) is 4.62. The number of hydrogen-bond donors (Lipinski definition) is 1. The fourth-order valence-electron chi connectivity index (χ4n) is 2.88. The van der Waals surface area contributed by atoms with E-state index in [2.05, 4.69) is 24.1 Å². The molecule has 5 heteroatoms. The highest BCUT2D eigenvalue weighted by Crippen LogP contribution is 2.21. The van der Waals surface area contributed by atoms with Crippen molar-refractivity contribution >= 4 is 23.2 Å². The fourth-order valence-corrected chi connectivity index (χ4v) is 3.08. The average molecular weight is 397 g/mol. The van der Waals surface area contributed by atoms with Crippen LogP contribution in [0.1, 0.15) is 41.3 Å². The summed E-state index contributed by atoms with van der Waals surface area (Å²) >= 11 is 6.31. The van der Waals surface area contributed by atoms with Gasteiger partial charge < -0.3 is 9.73 Å². The molecule has 3 rings (SSSR count). The number of hydrogen-bond acceptors (Lipinski definition) is 3. The molecule has 0 fully saturated rings. The summed E-state index contributed by atoms with van der Waals surface area (Å²) in [5.41, 5.74) is 2.96. The summed E-state index contributed by atoms with van der Waals surface area (Å²) in [4.78, 5) is 14.7. The number of rotatable bonds is 7. The van der Waals surface area contributed by atoms with Crippen molar-refractivity contribution in [3.05, 3.63) is 88.3 Å². The van der Waals surface area contributed by atoms with E-state index in [1.54, 1.807) is 6.07 Å². The molecule has 0 unspecified atom stereocenters. The lowest BCUT2D eigenvalue weighted by atomic mass is 10.2. The Labute approximate surface area is 171 Å². The molecule has 0 aliphatic rings. The first kappa shape index (κ1) is 20.2. The second-order valence-corrected chi connectivity index (χ2v) is 7.58. The zero-order valence-corrected chi connectivity index (χ0v) is 17.2. The minimum Gasteiger partial charge on any atom is -0.455 e. The largest absolute Gasteiger partial charge is 0.455 e. The van der Waals surface area contributed by atoms with Crippen LogP contribution in [0.4, 0.5) is 5.69 Å². The van der Waals surface area contributed by atoms with Crippen LogP contribution in [0.3, 0.4) is 0 Å². The van der Waals surface area contributed by atoms with Crippen LogP contribution < -0.4 is 5.32 Å². The maximum Gasteiger partial charge on any atom is 0.291 e. The quantitative estimate of drug-likeness (QED) is 0.540. The second-order valence-electron chi connectivity index (χ2n) is 7.18. The molecular formula is C23H25ClN2O2. The number of aryl methyl sites for hydroxylation is 1. The number of nitrogens with one attached hydrogen (secondary N) is 1. The van der Waals surface area contributed by atoms with Crippen LogP contribution in [0.15, 0.2) is 65.1 Å². The number of amides is 1. The monoisotopic (exact) mass is 396 g/mol. The molecule has 0 aliphatic carbocycles. The Hall–Kier alpha value is -2.56. The molecule has 3 aromatic rings. The van der Waals surface area contributed by atoms with Gasteiger partial charge in [-0.15, -0.1) is 0 Å². The van der Waals surface area contributed by atoms with Crippen molar-refractivity contribution in [2.24, 2.45) is 0 Å². The van der Waals surface area contributed by atoms with Gasteiger partial charge in [-0.3, -0.25) is 9.69 Å². The van der Waals surface area contributed by atoms with Crippen LogP contribution in [-0.2, 0) is 13.1 Å². The number of carbonyl (C=O) groups is 1. The maximum absolute atomic E-state index is 12.4. The highest BCUT2D eigenvalue weighted by molar-refractivity contribution is 6.31. The molecule has 0 aliphatic heterocycles. The molecule has 146 valence electrons. The number of furan rings is 1. The van der Waals surface area contributed by atoms with Crippen molar-refractivity contribution < 1.29 is 9.21 Å². The van der Waals surface area contributed by atoms with Crippen LogP contribution in [0.5, 0.6) is 0 Å². The van der Waals surface area contributed by atoms with Crippen LogP contribution >= 0.6 is 11.6 Å². The lowest BCUT2D eigenvalue weighted by molar-refractivity contribution is 0.0991. The Bertz CT molecular complexity index is 932. The Morgan fingerprint density at radius 3 is 2.43 bits per heavy atom. The first-order valence-corrected chi connectivity index (χ1v) is 9.74. The predicted molar refractivity (Wildman–Crippen MR) is 114 cm³/mol. The summed E-state index contributed by atoms with van der Waals surface area (Å²) in [5, 5.41) is 3.61. The summed E-state index contributed by atoms with van der Waals surface area (Å²) in [6.07, 6.45) is 0. The van der Waals surface area contributed by atoms with Gasteiger partial charge in [0.1, 0.15) is 5.76 Å². The highest BCUT2D eigenvalue weighted by Gasteiger charge is 2.17. The Kier molecular flexibility index (Phi) is 6.55. The van der Waals surface area contributed by atoms with Gasteiger partial charge in [-0.25, -0.2) is 0 Å². The number of anilines is 1. The zero-order chi connectivity index (χ0) is 20.1. The molecule has 4 nitrogen and oxygen atoms in total. The number of benzene rings is 2. The van der Waals surface area contributed by atoms with Crippen molar-refractivity contribution in [2.75, 3.05) is 5.32 Å². The van der Waals surface area contributed by atoms with E-state index in [-0.39, 0.29) is 5.91 Å². The first-order valence-electron chi connectivity index (χ1n) is 9.36. The van der Waals surface area contributed by atoms with Crippen molar-refractivity contribution in [2.45, 2.75) is 39.9 Å². The Morgan fingerprint density at radius 2 is 1.75 bits per heavy atom. The molecule has 2 aromatic carbocycles. The number of nitrogens with zero attached hydrogens (tertiary/aromatic N) is 1. The van der Waals surface area contributed by atoms with E-state index < -0.39 is 0 Å². The van der Waals surface area contributed by atoms with Gasteiger partial charge in [0.25, 0.3) is 5.91 Å². The summed E-state index contributed by atoms with van der Waals surface area (Å²) in [6.45, 7) is 7.58. The maximum atomic E-state index is 12.4. The van der Waals surface area contributed by atoms with E-state index in [1.807, 2.05) is 61.5 Å². The molecule has 1 N–H and O–H groups in total. The molecule has 0 atom stereocenters. The number of carbonyl (C=O) groups excluding carboxylic acids is 1. The predicted octanol–water partition coefficient (Wildman–Crippen LogP) is 5.90. The Morgan fingerprint density at radius 1 is 1.04 bits per heavy atom. The van der Waals surface area contributed by atoms with Gasteiger partial charge in [0.15, 0.2) is 5.76 Å². The molecule has 28 heavy (non-hydrogen) atoms. The standard InChI is InChI=1S/C23H25ClN2O2/c1-16(2)26(14-18-6-4-5-7-21(18)24)15-20-12-13-22(28-20)23(27)25-19-10-8-17(3)9-11-19/h4-13,16H,14-15H2,1-3H3,(H,25,27). The van der Waals surface area contributed by atoms with E-state index in [4.69, 9.17) is 16.0 Å². The molecule has 0 spiro atoms. The van der Waals surface area contributed by atoms with Gasteiger partial charge in [0, 0.05) is 23.3 Å². The number of halogens is 1. The molecule has 0 saturated heterocycles.